The summed E-state index contributed by atoms with van der Waals surface area (Å²) in [5.41, 5.74) is 1.68. The Bertz CT molecular complexity index is 1840. The number of rotatable bonds is 4. The molecule has 2 fully saturated rings. The fourth-order valence-corrected chi connectivity index (χ4v) is 8.03. The molecule has 0 radical (unpaired) electrons. The number of fused-ring (bicyclic) bond motifs is 2. The maximum absolute atomic E-state index is 14.4. The van der Waals surface area contributed by atoms with Gasteiger partial charge < -0.3 is 9.80 Å². The number of alkyl halides is 8. The van der Waals surface area contributed by atoms with E-state index in [1.165, 1.54) is 23.2 Å². The second-order valence-electron chi connectivity index (χ2n) is 14.1. The van der Waals surface area contributed by atoms with Crippen molar-refractivity contribution in [3.63, 3.8) is 0 Å². The Morgan fingerprint density at radius 3 is 1.28 bits per heavy atom. The summed E-state index contributed by atoms with van der Waals surface area (Å²) < 4.78 is 110. The fourth-order valence-electron chi connectivity index (χ4n) is 8.03. The van der Waals surface area contributed by atoms with Gasteiger partial charge in [0.15, 0.2) is 24.0 Å². The van der Waals surface area contributed by atoms with Crippen molar-refractivity contribution < 1.29 is 44.7 Å². The van der Waals surface area contributed by atoms with Crippen LogP contribution < -0.4 is 0 Å². The predicted molar refractivity (Wildman–Crippen MR) is 175 cm³/mol. The molecule has 8 rings (SSSR count). The highest BCUT2D eigenvalue weighted by atomic mass is 19.4. The average Bonchev–Trinajstić information content (AvgIpc) is 3.98. The lowest BCUT2D eigenvalue weighted by atomic mass is 10.0. The number of carbonyl (C=O) groups excluding carboxylic acids is 2. The van der Waals surface area contributed by atoms with E-state index in [0.29, 0.717) is 0 Å². The first kappa shape index (κ1) is 37.4. The molecule has 288 valence electrons. The summed E-state index contributed by atoms with van der Waals surface area (Å²) in [6.07, 6.45) is -11.4. The van der Waals surface area contributed by atoms with E-state index in [-0.39, 0.29) is 74.2 Å². The van der Waals surface area contributed by atoms with Crippen LogP contribution in [0.15, 0.2) is 60.7 Å². The molecule has 2 aromatic heterocycles. The monoisotopic (exact) mass is 764 g/mol. The lowest BCUT2D eigenvalue weighted by Crippen LogP contribution is -2.40. The van der Waals surface area contributed by atoms with Crippen LogP contribution in [0.4, 0.5) is 35.1 Å². The first-order valence-corrected chi connectivity index (χ1v) is 17.6. The van der Waals surface area contributed by atoms with Gasteiger partial charge in [0.25, 0.3) is 11.8 Å². The van der Waals surface area contributed by atoms with Gasteiger partial charge in [-0.25, -0.2) is 28.1 Å². The molecule has 0 unspecified atom stereocenters. The zero-order valence-corrected chi connectivity index (χ0v) is 29.1. The maximum atomic E-state index is 14.4. The molecule has 0 spiro atoms. The molecule has 0 saturated carbocycles. The quantitative estimate of drug-likeness (QED) is 0.201. The molecule has 4 aromatic rings. The van der Waals surface area contributed by atoms with Gasteiger partial charge in [0.1, 0.15) is 0 Å². The fraction of sp³-hybridized carbons (Fsp3) is 0.500. The topological polar surface area (TPSA) is 102 Å². The highest BCUT2D eigenvalue weighted by Gasteiger charge is 2.51. The number of amides is 2. The number of halogens is 8. The van der Waals surface area contributed by atoms with Gasteiger partial charge in [-0.1, -0.05) is 60.7 Å². The molecule has 2 saturated heterocycles. The molecule has 2 aromatic carbocycles. The third-order valence-corrected chi connectivity index (χ3v) is 11.0. The highest BCUT2D eigenvalue weighted by molar-refractivity contribution is 5.91. The minimum atomic E-state index is -4.36. The lowest BCUT2D eigenvalue weighted by Gasteiger charge is -2.25. The summed E-state index contributed by atoms with van der Waals surface area (Å²) in [5, 5.41) is 8.32. The molecule has 4 aliphatic rings. The van der Waals surface area contributed by atoms with Gasteiger partial charge in [0, 0.05) is 38.0 Å². The van der Waals surface area contributed by atoms with E-state index < -0.39 is 60.4 Å². The van der Waals surface area contributed by atoms with E-state index in [9.17, 15) is 44.7 Å². The Morgan fingerprint density at radius 1 is 0.611 bits per heavy atom. The third kappa shape index (κ3) is 6.83. The Hall–Kier alpha value is -4.90. The molecule has 54 heavy (non-hydrogen) atoms. The van der Waals surface area contributed by atoms with Crippen LogP contribution in [0.25, 0.3) is 0 Å². The van der Waals surface area contributed by atoms with Crippen molar-refractivity contribution in [2.75, 3.05) is 13.1 Å². The van der Waals surface area contributed by atoms with Crippen molar-refractivity contribution in [1.29, 1.82) is 0 Å². The molecule has 0 N–H and O–H groups in total. The standard InChI is InChI=1S/2C18H18F4N4O/c2*1-10-12(18(20,21)22)7-8-25(10)17(27)15-23-16-13(19)9-14(26(16)24-15)11-5-3-2-4-6-11/h2*2-6,10,12-14H,7-9H2,1H3/t10-,12+,13-,14-;10-,12-,13-,14-/m00/s1. The molecule has 10 nitrogen and oxygen atoms in total. The van der Waals surface area contributed by atoms with Gasteiger partial charge in [-0.2, -0.15) is 26.3 Å². The van der Waals surface area contributed by atoms with E-state index in [1.54, 1.807) is 0 Å². The SMILES string of the molecule is C[C@H]1[C@@H](C(F)(F)F)CCN1C(=O)c1nc2n(n1)[C@H](c1ccccc1)C[C@@H]2F.C[C@H]1[C@H](C(F)(F)F)CCN1C(=O)c1nc2n(n1)[C@H](c1ccccc1)C[C@@H]2F. The summed E-state index contributed by atoms with van der Waals surface area (Å²) in [7, 11) is 0. The highest BCUT2D eigenvalue weighted by Crippen LogP contribution is 2.43. The third-order valence-electron chi connectivity index (χ3n) is 11.0. The van der Waals surface area contributed by atoms with E-state index in [1.807, 2.05) is 60.7 Å². The minimum Gasteiger partial charge on any atom is -0.333 e. The van der Waals surface area contributed by atoms with Crippen LogP contribution in [0.3, 0.4) is 0 Å². The number of benzene rings is 2. The predicted octanol–water partition coefficient (Wildman–Crippen LogP) is 7.39. The smallest absolute Gasteiger partial charge is 0.333 e. The zero-order valence-electron chi connectivity index (χ0n) is 29.1. The maximum Gasteiger partial charge on any atom is 0.393 e. The molecule has 0 bridgehead atoms. The summed E-state index contributed by atoms with van der Waals surface area (Å²) >= 11 is 0. The number of aromatic nitrogens is 6. The Labute approximate surface area is 304 Å². The number of likely N-dealkylation sites (tertiary alicyclic amines) is 2. The average molecular weight is 765 g/mol. The number of carbonyl (C=O) groups is 2. The molecule has 2 amide bonds. The molecule has 0 aliphatic carbocycles. The Morgan fingerprint density at radius 2 is 0.963 bits per heavy atom. The van der Waals surface area contributed by atoms with Gasteiger partial charge in [-0.3, -0.25) is 9.59 Å². The van der Waals surface area contributed by atoms with Crippen molar-refractivity contribution in [1.82, 2.24) is 39.3 Å². The number of hydrogen-bond acceptors (Lipinski definition) is 6. The van der Waals surface area contributed by atoms with Crippen LogP contribution in [0.1, 0.15) is 108 Å². The van der Waals surface area contributed by atoms with Crippen molar-refractivity contribution >= 4 is 11.8 Å². The van der Waals surface area contributed by atoms with Crippen molar-refractivity contribution in [3.8, 4) is 0 Å². The second kappa shape index (κ2) is 14.1. The van der Waals surface area contributed by atoms with Crippen LogP contribution in [-0.2, 0) is 0 Å². The van der Waals surface area contributed by atoms with Gasteiger partial charge >= 0.3 is 12.4 Å². The van der Waals surface area contributed by atoms with Crippen LogP contribution in [0.5, 0.6) is 0 Å². The van der Waals surface area contributed by atoms with Crippen molar-refractivity contribution in [2.24, 2.45) is 11.8 Å². The van der Waals surface area contributed by atoms with Crippen molar-refractivity contribution in [2.45, 2.75) is 88.4 Å². The van der Waals surface area contributed by atoms with E-state index in [2.05, 4.69) is 20.2 Å². The molecular formula is C36H36F8N8O2. The van der Waals surface area contributed by atoms with Crippen LogP contribution >= 0.6 is 0 Å². The van der Waals surface area contributed by atoms with Crippen molar-refractivity contribution in [3.05, 3.63) is 95.1 Å². The first-order valence-electron chi connectivity index (χ1n) is 17.6. The summed E-state index contributed by atoms with van der Waals surface area (Å²) in [6.45, 7) is 2.71. The Kier molecular flexibility index (Phi) is 9.75. The normalized spacial score (nSPS) is 27.8. The van der Waals surface area contributed by atoms with Crippen LogP contribution in [0, 0.1) is 11.8 Å². The second-order valence-corrected chi connectivity index (χ2v) is 14.1. The lowest BCUT2D eigenvalue weighted by molar-refractivity contribution is -0.178. The first-order chi connectivity index (χ1) is 25.5. The Balaban J connectivity index is 0.000000167. The zero-order chi connectivity index (χ0) is 38.7. The van der Waals surface area contributed by atoms with Gasteiger partial charge in [0.2, 0.25) is 11.6 Å². The molecular weight excluding hydrogens is 728 g/mol. The molecule has 4 aliphatic heterocycles. The van der Waals surface area contributed by atoms with Crippen LogP contribution in [0.2, 0.25) is 0 Å². The number of nitrogens with zero attached hydrogens (tertiary/aromatic N) is 8. The van der Waals surface area contributed by atoms with E-state index in [4.69, 9.17) is 0 Å². The summed E-state index contributed by atoms with van der Waals surface area (Å²) in [4.78, 5) is 35.7. The van der Waals surface area contributed by atoms with Gasteiger partial charge in [-0.05, 0) is 37.8 Å². The molecule has 8 atom stereocenters. The molecule has 6 heterocycles. The summed E-state index contributed by atoms with van der Waals surface area (Å²) in [5.74, 6) is -4.90. The largest absolute Gasteiger partial charge is 0.393 e. The van der Waals surface area contributed by atoms with E-state index in [0.717, 1.165) is 20.9 Å². The molecule has 18 heteroatoms. The minimum absolute atomic E-state index is 0.0186. The van der Waals surface area contributed by atoms with Crippen LogP contribution in [-0.4, -0.2) is 88.7 Å². The van der Waals surface area contributed by atoms with Gasteiger partial charge in [-0.15, -0.1) is 10.2 Å². The number of hydrogen-bond donors (Lipinski definition) is 0. The summed E-state index contributed by atoms with van der Waals surface area (Å²) in [6, 6.07) is 15.6. The van der Waals surface area contributed by atoms with E-state index >= 15 is 0 Å². The van der Waals surface area contributed by atoms with Gasteiger partial charge in [0.05, 0.1) is 23.9 Å².